The van der Waals surface area contributed by atoms with Crippen molar-refractivity contribution >= 4 is 21.4 Å². The zero-order valence-corrected chi connectivity index (χ0v) is 12.8. The zero-order valence-electron chi connectivity index (χ0n) is 11.2. The fourth-order valence-electron chi connectivity index (χ4n) is 1.79. The lowest BCUT2D eigenvalue weighted by Crippen LogP contribution is -2.19. The number of aromatic nitrogens is 3. The van der Waals surface area contributed by atoms with Gasteiger partial charge < -0.3 is 0 Å². The van der Waals surface area contributed by atoms with E-state index in [1.54, 1.807) is 15.9 Å². The van der Waals surface area contributed by atoms with Gasteiger partial charge in [0.25, 0.3) is 15.2 Å². The number of thiophene rings is 1. The van der Waals surface area contributed by atoms with Crippen LogP contribution in [-0.2, 0) is 10.0 Å². The summed E-state index contributed by atoms with van der Waals surface area (Å²) >= 11 is 1.56. The van der Waals surface area contributed by atoms with E-state index in [-0.39, 0.29) is 11.2 Å². The summed E-state index contributed by atoms with van der Waals surface area (Å²) in [6.07, 6.45) is 0. The predicted octanol–water partition coefficient (Wildman–Crippen LogP) is 1.85. The standard InChI is InChI=1S/C11H16N4O2S2/c1-6(2)15-10(9-5-7(3)8(4)18-9)13-14-11(15)19(12,16)17/h5-6H,1-4H3,(H2,12,16,17). The van der Waals surface area contributed by atoms with E-state index in [1.165, 1.54) is 4.88 Å². The average molecular weight is 300 g/mol. The van der Waals surface area contributed by atoms with Crippen molar-refractivity contribution in [1.82, 2.24) is 14.8 Å². The van der Waals surface area contributed by atoms with Gasteiger partial charge in [0.1, 0.15) is 0 Å². The Morgan fingerprint density at radius 2 is 1.95 bits per heavy atom. The lowest BCUT2D eigenvalue weighted by molar-refractivity contribution is 0.525. The van der Waals surface area contributed by atoms with Crippen LogP contribution in [0.4, 0.5) is 0 Å². The van der Waals surface area contributed by atoms with E-state index in [4.69, 9.17) is 5.14 Å². The van der Waals surface area contributed by atoms with E-state index in [9.17, 15) is 8.42 Å². The van der Waals surface area contributed by atoms with Gasteiger partial charge in [0, 0.05) is 10.9 Å². The van der Waals surface area contributed by atoms with Crippen LogP contribution in [0.3, 0.4) is 0 Å². The molecule has 0 aromatic carbocycles. The molecule has 2 rings (SSSR count). The van der Waals surface area contributed by atoms with E-state index in [2.05, 4.69) is 10.2 Å². The Labute approximate surface area is 116 Å². The number of sulfonamides is 1. The molecule has 2 heterocycles. The summed E-state index contributed by atoms with van der Waals surface area (Å²) in [4.78, 5) is 2.07. The van der Waals surface area contributed by atoms with Crippen LogP contribution >= 0.6 is 11.3 Å². The lowest BCUT2D eigenvalue weighted by Gasteiger charge is -2.11. The summed E-state index contributed by atoms with van der Waals surface area (Å²) in [5.41, 5.74) is 1.15. The quantitative estimate of drug-likeness (QED) is 0.936. The molecule has 0 radical (unpaired) electrons. The summed E-state index contributed by atoms with van der Waals surface area (Å²) in [5.74, 6) is 0.542. The SMILES string of the molecule is Cc1cc(-c2nnc(S(N)(=O)=O)n2C(C)C)sc1C. The van der Waals surface area contributed by atoms with Gasteiger partial charge in [-0.1, -0.05) is 0 Å². The van der Waals surface area contributed by atoms with Crippen LogP contribution in [0.1, 0.15) is 30.3 Å². The molecule has 8 heteroatoms. The molecule has 0 spiro atoms. The van der Waals surface area contributed by atoms with Gasteiger partial charge in [-0.15, -0.1) is 21.5 Å². The van der Waals surface area contributed by atoms with Crippen LogP contribution in [0.25, 0.3) is 10.7 Å². The monoisotopic (exact) mass is 300 g/mol. The van der Waals surface area contributed by atoms with Gasteiger partial charge in [0.05, 0.1) is 4.88 Å². The molecule has 0 aliphatic carbocycles. The van der Waals surface area contributed by atoms with Crippen LogP contribution < -0.4 is 5.14 Å². The third-order valence-electron chi connectivity index (χ3n) is 2.82. The number of hydrogen-bond donors (Lipinski definition) is 1. The van der Waals surface area contributed by atoms with E-state index in [0.717, 1.165) is 10.4 Å². The number of primary sulfonamides is 1. The molecule has 0 saturated heterocycles. The second kappa shape index (κ2) is 4.69. The van der Waals surface area contributed by atoms with Gasteiger partial charge in [-0.3, -0.25) is 4.57 Å². The van der Waals surface area contributed by atoms with Gasteiger partial charge in [-0.05, 0) is 39.3 Å². The van der Waals surface area contributed by atoms with Gasteiger partial charge >= 0.3 is 0 Å². The first-order valence-corrected chi connectivity index (χ1v) is 8.13. The highest BCUT2D eigenvalue weighted by Gasteiger charge is 2.24. The van der Waals surface area contributed by atoms with Crippen molar-refractivity contribution in [2.24, 2.45) is 5.14 Å². The van der Waals surface area contributed by atoms with Crippen LogP contribution in [0.15, 0.2) is 11.2 Å². The number of nitrogens with zero attached hydrogens (tertiary/aromatic N) is 3. The Bertz CT molecular complexity index is 694. The second-order valence-electron chi connectivity index (χ2n) is 4.66. The molecule has 0 aliphatic rings. The minimum atomic E-state index is -3.87. The third kappa shape index (κ3) is 2.56. The van der Waals surface area contributed by atoms with Gasteiger partial charge in [0.15, 0.2) is 5.82 Å². The van der Waals surface area contributed by atoms with Crippen LogP contribution in [0, 0.1) is 13.8 Å². The maximum Gasteiger partial charge on any atom is 0.273 e. The number of nitrogens with two attached hydrogens (primary N) is 1. The molecular weight excluding hydrogens is 284 g/mol. The highest BCUT2D eigenvalue weighted by atomic mass is 32.2. The highest BCUT2D eigenvalue weighted by molar-refractivity contribution is 7.89. The van der Waals surface area contributed by atoms with E-state index in [0.29, 0.717) is 5.82 Å². The van der Waals surface area contributed by atoms with Crippen molar-refractivity contribution in [3.63, 3.8) is 0 Å². The van der Waals surface area contributed by atoms with Crippen molar-refractivity contribution in [3.8, 4) is 10.7 Å². The van der Waals surface area contributed by atoms with Gasteiger partial charge in [-0.25, -0.2) is 13.6 Å². The van der Waals surface area contributed by atoms with Gasteiger partial charge in [0.2, 0.25) is 0 Å². The smallest absolute Gasteiger partial charge is 0.273 e. The average Bonchev–Trinajstić information content (AvgIpc) is 2.82. The minimum absolute atomic E-state index is 0.0963. The van der Waals surface area contributed by atoms with Crippen LogP contribution in [-0.4, -0.2) is 23.2 Å². The van der Waals surface area contributed by atoms with Crippen molar-refractivity contribution in [2.45, 2.75) is 38.9 Å². The van der Waals surface area contributed by atoms with E-state index < -0.39 is 10.0 Å². The Balaban J connectivity index is 2.69. The zero-order chi connectivity index (χ0) is 14.4. The molecule has 0 atom stereocenters. The third-order valence-corrected chi connectivity index (χ3v) is 4.76. The largest absolute Gasteiger partial charge is 0.294 e. The molecule has 0 fully saturated rings. The van der Waals surface area contributed by atoms with Crippen LogP contribution in [0.5, 0.6) is 0 Å². The van der Waals surface area contributed by atoms with Crippen molar-refractivity contribution in [1.29, 1.82) is 0 Å². The Kier molecular flexibility index (Phi) is 3.50. The molecule has 2 aromatic heterocycles. The van der Waals surface area contributed by atoms with E-state index >= 15 is 0 Å². The molecule has 104 valence electrons. The Morgan fingerprint density at radius 3 is 2.37 bits per heavy atom. The van der Waals surface area contributed by atoms with Crippen LogP contribution in [0.2, 0.25) is 0 Å². The number of hydrogen-bond acceptors (Lipinski definition) is 5. The van der Waals surface area contributed by atoms with Crippen molar-refractivity contribution < 1.29 is 8.42 Å². The molecule has 0 saturated carbocycles. The summed E-state index contributed by atoms with van der Waals surface area (Å²) in [7, 11) is -3.87. The minimum Gasteiger partial charge on any atom is -0.294 e. The molecule has 0 unspecified atom stereocenters. The summed E-state index contributed by atoms with van der Waals surface area (Å²) in [6.45, 7) is 7.76. The molecule has 0 amide bonds. The normalized spacial score (nSPS) is 12.3. The fourth-order valence-corrected chi connectivity index (χ4v) is 3.53. The fraction of sp³-hybridized carbons (Fsp3) is 0.455. The van der Waals surface area contributed by atoms with Crippen molar-refractivity contribution in [3.05, 3.63) is 16.5 Å². The second-order valence-corrected chi connectivity index (χ2v) is 7.38. The summed E-state index contributed by atoms with van der Waals surface area (Å²) in [6, 6.07) is 1.89. The first-order chi connectivity index (χ1) is 8.71. The first kappa shape index (κ1) is 14.2. The van der Waals surface area contributed by atoms with E-state index in [1.807, 2.05) is 33.8 Å². The molecule has 2 aromatic rings. The number of aryl methyl sites for hydroxylation is 2. The Morgan fingerprint density at radius 1 is 1.32 bits per heavy atom. The highest BCUT2D eigenvalue weighted by Crippen LogP contribution is 2.32. The molecule has 0 bridgehead atoms. The molecule has 6 nitrogen and oxygen atoms in total. The molecule has 2 N–H and O–H groups in total. The molecule has 0 aliphatic heterocycles. The van der Waals surface area contributed by atoms with Gasteiger partial charge in [-0.2, -0.15) is 0 Å². The Hall–Kier alpha value is -1.25. The topological polar surface area (TPSA) is 90.9 Å². The summed E-state index contributed by atoms with van der Waals surface area (Å²) in [5, 5.41) is 12.7. The van der Waals surface area contributed by atoms with Crippen molar-refractivity contribution in [2.75, 3.05) is 0 Å². The maximum absolute atomic E-state index is 11.5. The molecule has 19 heavy (non-hydrogen) atoms. The first-order valence-electron chi connectivity index (χ1n) is 5.77. The lowest BCUT2D eigenvalue weighted by atomic mass is 10.3. The predicted molar refractivity (Wildman–Crippen MR) is 74.6 cm³/mol. The maximum atomic E-state index is 11.5. The number of rotatable bonds is 3. The summed E-state index contributed by atoms with van der Waals surface area (Å²) < 4.78 is 24.6. The molecular formula is C11H16N4O2S2.